The minimum atomic E-state index is -3.76. The van der Waals surface area contributed by atoms with E-state index in [0.29, 0.717) is 24.3 Å². The van der Waals surface area contributed by atoms with Gasteiger partial charge in [0.15, 0.2) is 6.61 Å². The van der Waals surface area contributed by atoms with E-state index in [2.05, 4.69) is 10.0 Å². The van der Waals surface area contributed by atoms with Crippen molar-refractivity contribution in [3.63, 3.8) is 0 Å². The summed E-state index contributed by atoms with van der Waals surface area (Å²) in [5.74, 6) is 0.137. The van der Waals surface area contributed by atoms with Gasteiger partial charge in [-0.05, 0) is 12.8 Å². The largest absolute Gasteiger partial charge is 0.495 e. The zero-order valence-electron chi connectivity index (χ0n) is 12.0. The summed E-state index contributed by atoms with van der Waals surface area (Å²) in [5, 5.41) is 2.61. The van der Waals surface area contributed by atoms with Crippen LogP contribution in [0.2, 0.25) is 0 Å². The van der Waals surface area contributed by atoms with E-state index in [0.717, 1.165) is 0 Å². The van der Waals surface area contributed by atoms with Crippen LogP contribution >= 0.6 is 0 Å². The van der Waals surface area contributed by atoms with Gasteiger partial charge in [0.2, 0.25) is 10.0 Å². The van der Waals surface area contributed by atoms with Crippen molar-refractivity contribution in [2.75, 3.05) is 19.0 Å². The van der Waals surface area contributed by atoms with Gasteiger partial charge in [-0.15, -0.1) is 0 Å². The molecule has 1 aliphatic carbocycles. The van der Waals surface area contributed by atoms with Crippen LogP contribution in [0.5, 0.6) is 11.5 Å². The number of benzene rings is 1. The lowest BCUT2D eigenvalue weighted by atomic mass is 9.89. The number of nitrogens with one attached hydrogen (secondary N) is 2. The van der Waals surface area contributed by atoms with Gasteiger partial charge in [-0.3, -0.25) is 4.79 Å². The Bertz CT molecular complexity index is 713. The van der Waals surface area contributed by atoms with E-state index in [1.54, 1.807) is 0 Å². The number of methoxy groups -OCH3 is 1. The highest BCUT2D eigenvalue weighted by molar-refractivity contribution is 7.89. The van der Waals surface area contributed by atoms with Crippen molar-refractivity contribution >= 4 is 21.6 Å². The van der Waals surface area contributed by atoms with Crippen molar-refractivity contribution in [1.82, 2.24) is 4.72 Å². The molecular formula is C13H17N3O5S. The molecule has 0 bridgehead atoms. The molecule has 0 atom stereocenters. The normalized spacial score (nSPS) is 23.8. The molecule has 1 amide bonds. The maximum Gasteiger partial charge on any atom is 0.262 e. The smallest absolute Gasteiger partial charge is 0.262 e. The predicted octanol–water partition coefficient (Wildman–Crippen LogP) is -0.206. The van der Waals surface area contributed by atoms with Crippen molar-refractivity contribution < 1.29 is 22.7 Å². The van der Waals surface area contributed by atoms with Crippen molar-refractivity contribution in [1.29, 1.82) is 0 Å². The number of amides is 1. The molecule has 9 heteroatoms. The lowest BCUT2D eigenvalue weighted by Gasteiger charge is -2.32. The van der Waals surface area contributed by atoms with Gasteiger partial charge in [0.25, 0.3) is 5.91 Å². The van der Waals surface area contributed by atoms with E-state index in [-0.39, 0.29) is 35.2 Å². The summed E-state index contributed by atoms with van der Waals surface area (Å²) in [6, 6.07) is 2.67. The number of rotatable bonds is 4. The van der Waals surface area contributed by atoms with Crippen LogP contribution < -0.4 is 25.2 Å². The second-order valence-corrected chi connectivity index (χ2v) is 7.07. The lowest BCUT2D eigenvalue weighted by Crippen LogP contribution is -2.50. The number of carbonyl (C=O) groups excluding carboxylic acids is 1. The second kappa shape index (κ2) is 5.41. The first-order valence-electron chi connectivity index (χ1n) is 6.81. The summed E-state index contributed by atoms with van der Waals surface area (Å²) < 4.78 is 38.0. The maximum absolute atomic E-state index is 12.5. The Labute approximate surface area is 128 Å². The SMILES string of the molecule is COc1cc2c(cc1S(=O)(=O)NC1CC(N)C1)OCC(=O)N2. The molecule has 120 valence electrons. The quantitative estimate of drug-likeness (QED) is 0.704. The Hall–Kier alpha value is -1.84. The third kappa shape index (κ3) is 2.74. The van der Waals surface area contributed by atoms with Crippen molar-refractivity contribution in [2.24, 2.45) is 5.73 Å². The van der Waals surface area contributed by atoms with Crippen LogP contribution in [0.25, 0.3) is 0 Å². The summed E-state index contributed by atoms with van der Waals surface area (Å²) in [5.41, 5.74) is 6.05. The molecule has 0 spiro atoms. The highest BCUT2D eigenvalue weighted by Gasteiger charge is 2.32. The number of nitrogens with two attached hydrogens (primary N) is 1. The minimum absolute atomic E-state index is 0.0228. The molecule has 0 radical (unpaired) electrons. The Kier molecular flexibility index (Phi) is 3.71. The topological polar surface area (TPSA) is 120 Å². The van der Waals surface area contributed by atoms with Gasteiger partial charge in [0.05, 0.1) is 12.8 Å². The number of ether oxygens (including phenoxy) is 2. The van der Waals surface area contributed by atoms with E-state index in [4.69, 9.17) is 15.2 Å². The third-order valence-electron chi connectivity index (χ3n) is 3.68. The van der Waals surface area contributed by atoms with Crippen LogP contribution in [0.15, 0.2) is 17.0 Å². The molecule has 0 aromatic heterocycles. The fraction of sp³-hybridized carbons (Fsp3) is 0.462. The molecule has 0 saturated heterocycles. The molecule has 8 nitrogen and oxygen atoms in total. The van der Waals surface area contributed by atoms with Gasteiger partial charge < -0.3 is 20.5 Å². The molecule has 1 aromatic carbocycles. The van der Waals surface area contributed by atoms with Crippen LogP contribution in [0.1, 0.15) is 12.8 Å². The van der Waals surface area contributed by atoms with E-state index < -0.39 is 10.0 Å². The summed E-state index contributed by atoms with van der Waals surface area (Å²) in [6.07, 6.45) is 1.22. The Morgan fingerprint density at radius 1 is 1.41 bits per heavy atom. The van der Waals surface area contributed by atoms with Crippen molar-refractivity contribution in [2.45, 2.75) is 29.8 Å². The van der Waals surface area contributed by atoms with Crippen molar-refractivity contribution in [3.8, 4) is 11.5 Å². The van der Waals surface area contributed by atoms with Crippen LogP contribution in [0.3, 0.4) is 0 Å². The Morgan fingerprint density at radius 2 is 2.14 bits per heavy atom. The molecule has 1 heterocycles. The fourth-order valence-corrected chi connectivity index (χ4v) is 3.93. The lowest BCUT2D eigenvalue weighted by molar-refractivity contribution is -0.118. The monoisotopic (exact) mass is 327 g/mol. The van der Waals surface area contributed by atoms with Crippen LogP contribution in [-0.4, -0.2) is 40.1 Å². The van der Waals surface area contributed by atoms with Gasteiger partial charge in [0, 0.05) is 24.2 Å². The summed E-state index contributed by atoms with van der Waals surface area (Å²) in [7, 11) is -2.39. The molecule has 2 aliphatic rings. The highest BCUT2D eigenvalue weighted by atomic mass is 32.2. The molecule has 4 N–H and O–H groups in total. The summed E-state index contributed by atoms with van der Waals surface area (Å²) >= 11 is 0. The van der Waals surface area contributed by atoms with Crippen LogP contribution in [0.4, 0.5) is 5.69 Å². The molecule has 1 fully saturated rings. The fourth-order valence-electron chi connectivity index (χ4n) is 2.50. The van der Waals surface area contributed by atoms with Gasteiger partial charge in [0.1, 0.15) is 16.4 Å². The zero-order valence-corrected chi connectivity index (χ0v) is 12.8. The number of hydrogen-bond donors (Lipinski definition) is 3. The second-order valence-electron chi connectivity index (χ2n) is 5.39. The molecule has 1 aliphatic heterocycles. The molecule has 1 aromatic rings. The number of anilines is 1. The molecular weight excluding hydrogens is 310 g/mol. The van der Waals surface area contributed by atoms with E-state index in [9.17, 15) is 13.2 Å². The number of hydrogen-bond acceptors (Lipinski definition) is 6. The van der Waals surface area contributed by atoms with Crippen LogP contribution in [-0.2, 0) is 14.8 Å². The zero-order chi connectivity index (χ0) is 15.9. The molecule has 3 rings (SSSR count). The van der Waals surface area contributed by atoms with Gasteiger partial charge >= 0.3 is 0 Å². The first kappa shape index (κ1) is 15.1. The number of fused-ring (bicyclic) bond motifs is 1. The highest BCUT2D eigenvalue weighted by Crippen LogP contribution is 2.37. The summed E-state index contributed by atoms with van der Waals surface area (Å²) in [4.78, 5) is 11.3. The van der Waals surface area contributed by atoms with E-state index in [1.165, 1.54) is 19.2 Å². The number of sulfonamides is 1. The average Bonchev–Trinajstić information content (AvgIpc) is 2.43. The van der Waals surface area contributed by atoms with Gasteiger partial charge in [-0.1, -0.05) is 0 Å². The Balaban J connectivity index is 1.93. The Morgan fingerprint density at radius 3 is 2.77 bits per heavy atom. The molecule has 0 unspecified atom stereocenters. The number of carbonyl (C=O) groups is 1. The van der Waals surface area contributed by atoms with Gasteiger partial charge in [-0.25, -0.2) is 13.1 Å². The molecule has 1 saturated carbocycles. The predicted molar refractivity (Wildman–Crippen MR) is 78.4 cm³/mol. The first-order chi connectivity index (χ1) is 10.4. The first-order valence-corrected chi connectivity index (χ1v) is 8.30. The van der Waals surface area contributed by atoms with Crippen LogP contribution in [0, 0.1) is 0 Å². The van der Waals surface area contributed by atoms with Crippen molar-refractivity contribution in [3.05, 3.63) is 12.1 Å². The minimum Gasteiger partial charge on any atom is -0.495 e. The summed E-state index contributed by atoms with van der Waals surface area (Å²) in [6.45, 7) is -0.149. The average molecular weight is 327 g/mol. The third-order valence-corrected chi connectivity index (χ3v) is 5.23. The maximum atomic E-state index is 12.5. The van der Waals surface area contributed by atoms with E-state index >= 15 is 0 Å². The standard InChI is InChI=1S/C13H17N3O5S/c1-20-11-4-9-10(21-6-13(17)15-9)5-12(11)22(18,19)16-8-2-7(14)3-8/h4-5,7-8,16H,2-3,6,14H2,1H3,(H,15,17). The van der Waals surface area contributed by atoms with E-state index in [1.807, 2.05) is 0 Å². The van der Waals surface area contributed by atoms with Gasteiger partial charge in [-0.2, -0.15) is 0 Å². The molecule has 22 heavy (non-hydrogen) atoms.